The maximum Gasteiger partial charge on any atom is 0.140 e. The molecular weight excluding hydrogens is 288 g/mol. The average molecular weight is 305 g/mol. The number of thioether (sulfide) groups is 1. The van der Waals surface area contributed by atoms with Crippen LogP contribution in [0.5, 0.6) is 0 Å². The molecule has 0 saturated heterocycles. The zero-order valence-corrected chi connectivity index (χ0v) is 13.1. The second-order valence-corrected chi connectivity index (χ2v) is 6.57. The predicted octanol–water partition coefficient (Wildman–Crippen LogP) is 4.61. The van der Waals surface area contributed by atoms with E-state index in [4.69, 9.17) is 16.6 Å². The third kappa shape index (κ3) is 3.15. The van der Waals surface area contributed by atoms with Crippen LogP contribution in [-0.4, -0.2) is 9.97 Å². The standard InChI is InChI=1S/C16H17ClN2S/c1-11-6-8-12(9-7-11)20-10-15-18-14-5-3-2-4-13(14)16(17)19-15/h6-9H,2-5,10H2,1H3. The summed E-state index contributed by atoms with van der Waals surface area (Å²) < 4.78 is 0. The van der Waals surface area contributed by atoms with Gasteiger partial charge in [-0.25, -0.2) is 9.97 Å². The third-order valence-corrected chi connectivity index (χ3v) is 4.89. The van der Waals surface area contributed by atoms with Gasteiger partial charge in [0.15, 0.2) is 0 Å². The Balaban J connectivity index is 1.74. The predicted molar refractivity (Wildman–Crippen MR) is 84.4 cm³/mol. The Morgan fingerprint density at radius 3 is 2.65 bits per heavy atom. The lowest BCUT2D eigenvalue weighted by Gasteiger charge is -2.16. The first kappa shape index (κ1) is 13.9. The molecule has 0 amide bonds. The zero-order chi connectivity index (χ0) is 13.9. The third-order valence-electron chi connectivity index (χ3n) is 3.57. The van der Waals surface area contributed by atoms with Gasteiger partial charge in [0.25, 0.3) is 0 Å². The quantitative estimate of drug-likeness (QED) is 0.612. The van der Waals surface area contributed by atoms with Gasteiger partial charge in [0.1, 0.15) is 11.0 Å². The maximum absolute atomic E-state index is 6.29. The first-order chi connectivity index (χ1) is 9.72. The van der Waals surface area contributed by atoms with Gasteiger partial charge in [0, 0.05) is 16.2 Å². The van der Waals surface area contributed by atoms with Crippen LogP contribution in [0.15, 0.2) is 29.2 Å². The molecule has 0 unspecified atom stereocenters. The summed E-state index contributed by atoms with van der Waals surface area (Å²) in [4.78, 5) is 10.4. The minimum absolute atomic E-state index is 0.661. The monoisotopic (exact) mass is 304 g/mol. The van der Waals surface area contributed by atoms with Gasteiger partial charge in [-0.2, -0.15) is 0 Å². The highest BCUT2D eigenvalue weighted by atomic mass is 35.5. The Kier molecular flexibility index (Phi) is 4.27. The lowest BCUT2D eigenvalue weighted by atomic mass is 9.97. The summed E-state index contributed by atoms with van der Waals surface area (Å²) in [6.45, 7) is 2.10. The molecule has 2 aromatic rings. The number of aryl methyl sites for hydroxylation is 2. The number of nitrogens with zero attached hydrogens (tertiary/aromatic N) is 2. The summed E-state index contributed by atoms with van der Waals surface area (Å²) in [6, 6.07) is 8.53. The Morgan fingerprint density at radius 1 is 1.10 bits per heavy atom. The SMILES string of the molecule is Cc1ccc(SCc2nc(Cl)c3c(n2)CCCC3)cc1. The molecule has 1 heterocycles. The van der Waals surface area contributed by atoms with Crippen molar-refractivity contribution in [1.82, 2.24) is 9.97 Å². The van der Waals surface area contributed by atoms with Crippen molar-refractivity contribution < 1.29 is 0 Å². The van der Waals surface area contributed by atoms with Crippen molar-refractivity contribution in [3.05, 3.63) is 52.1 Å². The van der Waals surface area contributed by atoms with Crippen LogP contribution in [0.2, 0.25) is 5.15 Å². The fourth-order valence-electron chi connectivity index (χ4n) is 2.44. The Morgan fingerprint density at radius 2 is 1.85 bits per heavy atom. The molecule has 104 valence electrons. The largest absolute Gasteiger partial charge is 0.237 e. The van der Waals surface area contributed by atoms with Crippen LogP contribution >= 0.6 is 23.4 Å². The van der Waals surface area contributed by atoms with Crippen molar-refractivity contribution in [2.75, 3.05) is 0 Å². The summed E-state index contributed by atoms with van der Waals surface area (Å²) in [5.74, 6) is 1.62. The molecule has 3 rings (SSSR count). The lowest BCUT2D eigenvalue weighted by Crippen LogP contribution is -2.10. The molecule has 0 bridgehead atoms. The van der Waals surface area contributed by atoms with E-state index in [0.29, 0.717) is 5.15 Å². The topological polar surface area (TPSA) is 25.8 Å². The highest BCUT2D eigenvalue weighted by molar-refractivity contribution is 7.98. The molecule has 1 aliphatic carbocycles. The van der Waals surface area contributed by atoms with Crippen LogP contribution in [0.4, 0.5) is 0 Å². The van der Waals surface area contributed by atoms with Crippen molar-refractivity contribution in [2.24, 2.45) is 0 Å². The number of halogens is 1. The Labute approximate surface area is 129 Å². The molecule has 0 N–H and O–H groups in total. The van der Waals surface area contributed by atoms with Gasteiger partial charge in [0.05, 0.1) is 5.75 Å². The minimum Gasteiger partial charge on any atom is -0.237 e. The molecule has 0 fully saturated rings. The minimum atomic E-state index is 0.661. The molecule has 4 heteroatoms. The van der Waals surface area contributed by atoms with Gasteiger partial charge < -0.3 is 0 Å². The number of benzene rings is 1. The Hall–Kier alpha value is -1.06. The fraction of sp³-hybridized carbons (Fsp3) is 0.375. The molecule has 0 saturated carbocycles. The average Bonchev–Trinajstić information content (AvgIpc) is 2.47. The van der Waals surface area contributed by atoms with Crippen molar-refractivity contribution >= 4 is 23.4 Å². The van der Waals surface area contributed by atoms with Gasteiger partial charge in [-0.3, -0.25) is 0 Å². The summed E-state index contributed by atoms with van der Waals surface area (Å²) in [5, 5.41) is 0.661. The van der Waals surface area contributed by atoms with Gasteiger partial charge >= 0.3 is 0 Å². The first-order valence-electron chi connectivity index (χ1n) is 6.96. The number of hydrogen-bond donors (Lipinski definition) is 0. The van der Waals surface area contributed by atoms with Crippen LogP contribution in [0.1, 0.15) is 35.5 Å². The van der Waals surface area contributed by atoms with E-state index in [1.165, 1.54) is 28.9 Å². The van der Waals surface area contributed by atoms with Crippen LogP contribution < -0.4 is 0 Å². The van der Waals surface area contributed by atoms with Gasteiger partial charge in [-0.05, 0) is 44.7 Å². The van der Waals surface area contributed by atoms with Crippen molar-refractivity contribution in [2.45, 2.75) is 43.3 Å². The van der Waals surface area contributed by atoms with Gasteiger partial charge in [-0.1, -0.05) is 29.3 Å². The smallest absolute Gasteiger partial charge is 0.140 e. The zero-order valence-electron chi connectivity index (χ0n) is 11.5. The lowest BCUT2D eigenvalue weighted by molar-refractivity contribution is 0.657. The normalized spacial score (nSPS) is 14.1. The highest BCUT2D eigenvalue weighted by Crippen LogP contribution is 2.27. The van der Waals surface area contributed by atoms with Crippen LogP contribution in [0.3, 0.4) is 0 Å². The maximum atomic E-state index is 6.29. The van der Waals surface area contributed by atoms with E-state index in [1.807, 2.05) is 0 Å². The summed E-state index contributed by atoms with van der Waals surface area (Å²) in [5.41, 5.74) is 3.61. The highest BCUT2D eigenvalue weighted by Gasteiger charge is 2.16. The summed E-state index contributed by atoms with van der Waals surface area (Å²) >= 11 is 8.05. The number of rotatable bonds is 3. The summed E-state index contributed by atoms with van der Waals surface area (Å²) in [6.07, 6.45) is 4.48. The first-order valence-corrected chi connectivity index (χ1v) is 8.32. The molecule has 20 heavy (non-hydrogen) atoms. The number of aromatic nitrogens is 2. The van der Waals surface area contributed by atoms with Crippen LogP contribution in [0.25, 0.3) is 0 Å². The van der Waals surface area contributed by atoms with E-state index in [-0.39, 0.29) is 0 Å². The van der Waals surface area contributed by atoms with E-state index >= 15 is 0 Å². The van der Waals surface area contributed by atoms with E-state index in [9.17, 15) is 0 Å². The van der Waals surface area contributed by atoms with Crippen LogP contribution in [-0.2, 0) is 18.6 Å². The van der Waals surface area contributed by atoms with Crippen molar-refractivity contribution in [3.8, 4) is 0 Å². The molecule has 0 atom stereocenters. The molecule has 1 aliphatic rings. The molecule has 1 aromatic carbocycles. The molecule has 0 aliphatic heterocycles. The van der Waals surface area contributed by atoms with Gasteiger partial charge in [0.2, 0.25) is 0 Å². The van der Waals surface area contributed by atoms with Crippen molar-refractivity contribution in [3.63, 3.8) is 0 Å². The van der Waals surface area contributed by atoms with E-state index < -0.39 is 0 Å². The molecular formula is C16H17ClN2S. The van der Waals surface area contributed by atoms with Gasteiger partial charge in [-0.15, -0.1) is 11.8 Å². The summed E-state index contributed by atoms with van der Waals surface area (Å²) in [7, 11) is 0. The second kappa shape index (κ2) is 6.15. The molecule has 0 spiro atoms. The Bertz CT molecular complexity index is 611. The molecule has 0 radical (unpaired) electrons. The van der Waals surface area contributed by atoms with Crippen LogP contribution in [0, 0.1) is 6.92 Å². The molecule has 2 nitrogen and oxygen atoms in total. The van der Waals surface area contributed by atoms with Crippen molar-refractivity contribution in [1.29, 1.82) is 0 Å². The van der Waals surface area contributed by atoms with E-state index in [0.717, 1.165) is 30.1 Å². The molecule has 1 aromatic heterocycles. The number of hydrogen-bond acceptors (Lipinski definition) is 3. The van der Waals surface area contributed by atoms with E-state index in [1.54, 1.807) is 11.8 Å². The number of fused-ring (bicyclic) bond motifs is 1. The fourth-order valence-corrected chi connectivity index (χ4v) is 3.50. The second-order valence-electron chi connectivity index (χ2n) is 5.16. The van der Waals surface area contributed by atoms with E-state index in [2.05, 4.69) is 36.2 Å².